The third kappa shape index (κ3) is 6.39. The SMILES string of the molecule is CCNC(=NCCS(=O)(=O)N(CC)CC)NC1CCN(c2ccccc2)C1. The van der Waals surface area contributed by atoms with Gasteiger partial charge in [-0.15, -0.1) is 0 Å². The van der Waals surface area contributed by atoms with Crippen molar-refractivity contribution >= 4 is 21.7 Å². The molecule has 0 saturated carbocycles. The lowest BCUT2D eigenvalue weighted by molar-refractivity contribution is 0.445. The van der Waals surface area contributed by atoms with Gasteiger partial charge in [0.05, 0.1) is 12.3 Å². The number of anilines is 1. The van der Waals surface area contributed by atoms with Gasteiger partial charge in [-0.25, -0.2) is 12.7 Å². The average Bonchev–Trinajstić information content (AvgIpc) is 3.12. The third-order valence-electron chi connectivity index (χ3n) is 4.71. The molecule has 7 nitrogen and oxygen atoms in total. The molecular weight excluding hydrogens is 362 g/mol. The van der Waals surface area contributed by atoms with Crippen LogP contribution in [0.5, 0.6) is 0 Å². The van der Waals surface area contributed by atoms with Crippen LogP contribution < -0.4 is 15.5 Å². The molecule has 0 aromatic heterocycles. The molecule has 2 rings (SSSR count). The summed E-state index contributed by atoms with van der Waals surface area (Å²) in [6.45, 7) is 9.62. The van der Waals surface area contributed by atoms with Crippen LogP contribution in [-0.4, -0.2) is 69.7 Å². The molecule has 1 aromatic carbocycles. The lowest BCUT2D eigenvalue weighted by atomic mass is 10.3. The fourth-order valence-electron chi connectivity index (χ4n) is 3.28. The number of hydrogen-bond acceptors (Lipinski definition) is 4. The lowest BCUT2D eigenvalue weighted by Crippen LogP contribution is -2.45. The van der Waals surface area contributed by atoms with Gasteiger partial charge in [0, 0.05) is 44.5 Å². The molecule has 0 radical (unpaired) electrons. The fourth-order valence-corrected chi connectivity index (χ4v) is 4.65. The summed E-state index contributed by atoms with van der Waals surface area (Å²) >= 11 is 0. The molecule has 0 spiro atoms. The van der Waals surface area contributed by atoms with Crippen molar-refractivity contribution in [1.29, 1.82) is 0 Å². The summed E-state index contributed by atoms with van der Waals surface area (Å²) in [5, 5.41) is 6.67. The minimum Gasteiger partial charge on any atom is -0.369 e. The molecule has 152 valence electrons. The van der Waals surface area contributed by atoms with E-state index in [1.54, 1.807) is 0 Å². The number of hydrogen-bond donors (Lipinski definition) is 2. The first-order valence-electron chi connectivity index (χ1n) is 9.82. The molecule has 1 atom stereocenters. The number of sulfonamides is 1. The predicted octanol–water partition coefficient (Wildman–Crippen LogP) is 1.49. The van der Waals surface area contributed by atoms with Crippen LogP contribution >= 0.6 is 0 Å². The molecule has 1 saturated heterocycles. The van der Waals surface area contributed by atoms with Crippen molar-refractivity contribution < 1.29 is 8.42 Å². The fraction of sp³-hybridized carbons (Fsp3) is 0.632. The maximum atomic E-state index is 12.3. The summed E-state index contributed by atoms with van der Waals surface area (Å²) in [4.78, 5) is 6.83. The van der Waals surface area contributed by atoms with Crippen LogP contribution in [0.25, 0.3) is 0 Å². The first-order chi connectivity index (χ1) is 13.0. The number of aliphatic imine (C=N–C) groups is 1. The molecule has 0 amide bonds. The molecule has 1 aliphatic heterocycles. The van der Waals surface area contributed by atoms with E-state index in [4.69, 9.17) is 0 Å². The Bertz CT molecular complexity index is 689. The number of guanidine groups is 1. The highest BCUT2D eigenvalue weighted by Crippen LogP contribution is 2.19. The van der Waals surface area contributed by atoms with Crippen molar-refractivity contribution in [2.24, 2.45) is 4.99 Å². The molecule has 1 fully saturated rings. The maximum Gasteiger partial charge on any atom is 0.215 e. The van der Waals surface area contributed by atoms with E-state index in [0.717, 1.165) is 26.1 Å². The quantitative estimate of drug-likeness (QED) is 0.489. The van der Waals surface area contributed by atoms with Crippen molar-refractivity contribution in [3.63, 3.8) is 0 Å². The molecule has 0 bridgehead atoms. The molecule has 8 heteroatoms. The van der Waals surface area contributed by atoms with E-state index < -0.39 is 10.0 Å². The summed E-state index contributed by atoms with van der Waals surface area (Å²) < 4.78 is 26.1. The van der Waals surface area contributed by atoms with Gasteiger partial charge in [-0.05, 0) is 25.5 Å². The van der Waals surface area contributed by atoms with Gasteiger partial charge >= 0.3 is 0 Å². The second-order valence-corrected chi connectivity index (χ2v) is 8.66. The largest absolute Gasteiger partial charge is 0.369 e. The molecule has 1 aliphatic rings. The third-order valence-corrected chi connectivity index (χ3v) is 6.71. The van der Waals surface area contributed by atoms with Gasteiger partial charge in [-0.1, -0.05) is 32.0 Å². The van der Waals surface area contributed by atoms with Gasteiger partial charge in [-0.3, -0.25) is 4.99 Å². The smallest absolute Gasteiger partial charge is 0.215 e. The van der Waals surface area contributed by atoms with E-state index in [1.165, 1.54) is 9.99 Å². The minimum absolute atomic E-state index is 0.0338. The van der Waals surface area contributed by atoms with E-state index in [0.29, 0.717) is 25.1 Å². The van der Waals surface area contributed by atoms with Crippen LogP contribution in [0.2, 0.25) is 0 Å². The Kier molecular flexibility index (Phi) is 8.37. The van der Waals surface area contributed by atoms with E-state index in [2.05, 4.69) is 44.8 Å². The highest BCUT2D eigenvalue weighted by Gasteiger charge is 2.23. The van der Waals surface area contributed by atoms with E-state index in [1.807, 2.05) is 26.8 Å². The molecule has 2 N–H and O–H groups in total. The second kappa shape index (κ2) is 10.5. The van der Waals surface area contributed by atoms with Crippen LogP contribution in [0.4, 0.5) is 5.69 Å². The summed E-state index contributed by atoms with van der Waals surface area (Å²) in [6, 6.07) is 10.7. The van der Waals surface area contributed by atoms with Crippen LogP contribution in [0.15, 0.2) is 35.3 Å². The molecule has 1 aromatic rings. The van der Waals surface area contributed by atoms with Gasteiger partial charge in [0.1, 0.15) is 0 Å². The van der Waals surface area contributed by atoms with E-state index in [9.17, 15) is 8.42 Å². The Morgan fingerprint density at radius 3 is 2.56 bits per heavy atom. The molecular formula is C19H33N5O2S. The Labute approximate surface area is 163 Å². The Balaban J connectivity index is 1.90. The zero-order valence-corrected chi connectivity index (χ0v) is 17.5. The second-order valence-electron chi connectivity index (χ2n) is 6.57. The average molecular weight is 396 g/mol. The first-order valence-corrected chi connectivity index (χ1v) is 11.4. The van der Waals surface area contributed by atoms with Gasteiger partial charge in [0.2, 0.25) is 10.0 Å². The zero-order chi connectivity index (χ0) is 19.7. The predicted molar refractivity (Wildman–Crippen MR) is 113 cm³/mol. The number of nitrogens with zero attached hydrogens (tertiary/aromatic N) is 3. The Hall–Kier alpha value is -1.80. The topological polar surface area (TPSA) is 77.0 Å². The Morgan fingerprint density at radius 2 is 1.93 bits per heavy atom. The normalized spacial score (nSPS) is 18.1. The van der Waals surface area contributed by atoms with Gasteiger partial charge in [0.25, 0.3) is 0 Å². The summed E-state index contributed by atoms with van der Waals surface area (Å²) in [7, 11) is -3.24. The van der Waals surface area contributed by atoms with Gasteiger partial charge in [0.15, 0.2) is 5.96 Å². The van der Waals surface area contributed by atoms with Crippen molar-refractivity contribution in [2.45, 2.75) is 33.2 Å². The molecule has 1 unspecified atom stereocenters. The minimum atomic E-state index is -3.24. The van der Waals surface area contributed by atoms with Gasteiger partial charge in [-0.2, -0.15) is 0 Å². The van der Waals surface area contributed by atoms with Crippen molar-refractivity contribution in [3.8, 4) is 0 Å². The summed E-state index contributed by atoms with van der Waals surface area (Å²) in [5.41, 5.74) is 1.23. The van der Waals surface area contributed by atoms with Crippen molar-refractivity contribution in [2.75, 3.05) is 49.9 Å². The summed E-state index contributed by atoms with van der Waals surface area (Å²) in [5.74, 6) is 0.721. The van der Waals surface area contributed by atoms with Crippen molar-refractivity contribution in [1.82, 2.24) is 14.9 Å². The van der Waals surface area contributed by atoms with Crippen LogP contribution in [-0.2, 0) is 10.0 Å². The monoisotopic (exact) mass is 395 g/mol. The lowest BCUT2D eigenvalue weighted by Gasteiger charge is -2.20. The number of para-hydroxylation sites is 1. The zero-order valence-electron chi connectivity index (χ0n) is 16.7. The maximum absolute atomic E-state index is 12.3. The van der Waals surface area contributed by atoms with Crippen LogP contribution in [0.1, 0.15) is 27.2 Å². The standard InChI is InChI=1S/C19H33N5O2S/c1-4-20-19(21-13-15-27(25,26)24(5-2)6-3)22-17-12-14-23(16-17)18-10-8-7-9-11-18/h7-11,17H,4-6,12-16H2,1-3H3,(H2,20,21,22). The number of nitrogens with one attached hydrogen (secondary N) is 2. The van der Waals surface area contributed by atoms with Gasteiger partial charge < -0.3 is 15.5 Å². The first kappa shape index (κ1) is 21.5. The van der Waals surface area contributed by atoms with E-state index >= 15 is 0 Å². The Morgan fingerprint density at radius 1 is 1.22 bits per heavy atom. The van der Waals surface area contributed by atoms with E-state index in [-0.39, 0.29) is 12.3 Å². The van der Waals surface area contributed by atoms with Crippen molar-refractivity contribution in [3.05, 3.63) is 30.3 Å². The number of benzene rings is 1. The molecule has 1 heterocycles. The molecule has 27 heavy (non-hydrogen) atoms. The molecule has 0 aliphatic carbocycles. The van der Waals surface area contributed by atoms with Crippen LogP contribution in [0, 0.1) is 0 Å². The number of rotatable bonds is 9. The van der Waals surface area contributed by atoms with Crippen LogP contribution in [0.3, 0.4) is 0 Å². The highest BCUT2D eigenvalue weighted by atomic mass is 32.2. The summed E-state index contributed by atoms with van der Waals surface area (Å²) in [6.07, 6.45) is 1.02. The highest BCUT2D eigenvalue weighted by molar-refractivity contribution is 7.89.